The third kappa shape index (κ3) is 405. The molecule has 0 unspecified atom stereocenters. The van der Waals surface area contributed by atoms with Gasteiger partial charge in [-0.2, -0.15) is 18.8 Å². The Balaban J connectivity index is -0.0000000237. The molecule has 0 N–H and O–H groups in total. The van der Waals surface area contributed by atoms with Crippen molar-refractivity contribution in [3.8, 4) is 0 Å². The van der Waals surface area contributed by atoms with Crippen LogP contribution < -0.4 is 0 Å². The molecule has 0 heterocycles. The molecule has 0 aliphatic carbocycles. The summed E-state index contributed by atoms with van der Waals surface area (Å²) in [5, 5.41) is 0. The molecular weight excluding hydrogens is 281 g/mol. The molecule has 0 aromatic heterocycles. The summed E-state index contributed by atoms with van der Waals surface area (Å²) < 4.78 is 0. The number of unbranched alkanes of at least 4 members (excludes halogenated alkanes) is 2. The van der Waals surface area contributed by atoms with Crippen molar-refractivity contribution in [3.63, 3.8) is 0 Å². The van der Waals surface area contributed by atoms with Gasteiger partial charge in [0.2, 0.25) is 0 Å². The SMILES string of the molecule is C.CC.CC(C)C.[CH2-]C(C)C.[CH2-]CCC[CH2-].[Y+3]. The van der Waals surface area contributed by atoms with Gasteiger partial charge in [-0.25, -0.2) is 0 Å². The van der Waals surface area contributed by atoms with Gasteiger partial charge in [-0.15, -0.1) is 6.42 Å². The van der Waals surface area contributed by atoms with Crippen LogP contribution in [0.15, 0.2) is 0 Å². The van der Waals surface area contributed by atoms with Crippen LogP contribution in [0.2, 0.25) is 0 Å². The largest absolute Gasteiger partial charge is 3.00 e. The first kappa shape index (κ1) is 36.2. The summed E-state index contributed by atoms with van der Waals surface area (Å²) in [6, 6.07) is 0. The molecule has 0 aromatic rings. The zero-order valence-corrected chi connectivity index (χ0v) is 15.8. The summed E-state index contributed by atoms with van der Waals surface area (Å²) in [4.78, 5) is 0. The molecule has 17 heavy (non-hydrogen) atoms. The van der Waals surface area contributed by atoms with Crippen LogP contribution in [0, 0.1) is 32.6 Å². The minimum atomic E-state index is 0. The van der Waals surface area contributed by atoms with Gasteiger partial charge in [0.25, 0.3) is 0 Å². The second-order valence-corrected chi connectivity index (χ2v) is 4.19. The molecule has 0 aliphatic rings. The van der Waals surface area contributed by atoms with Crippen molar-refractivity contribution in [2.45, 2.75) is 75.2 Å². The second kappa shape index (κ2) is 43.4. The Bertz CT molecular complexity index is 45.0. The monoisotopic (exact) mass is 320 g/mol. The molecule has 0 amide bonds. The fraction of sp³-hybridized carbons (Fsp3) is 0.812. The molecule has 0 aliphatic heterocycles. The molecule has 106 valence electrons. The van der Waals surface area contributed by atoms with Crippen LogP contribution in [0.5, 0.6) is 0 Å². The summed E-state index contributed by atoms with van der Waals surface area (Å²) in [7, 11) is 0. The van der Waals surface area contributed by atoms with Gasteiger partial charge in [-0.3, -0.25) is 0 Å². The number of hydrogen-bond acceptors (Lipinski definition) is 0. The van der Waals surface area contributed by atoms with Crippen molar-refractivity contribution in [1.29, 1.82) is 0 Å². The Hall–Kier alpha value is 1.10. The Morgan fingerprint density at radius 3 is 0.941 bits per heavy atom. The topological polar surface area (TPSA) is 0 Å². The first-order chi connectivity index (χ1) is 6.88. The summed E-state index contributed by atoms with van der Waals surface area (Å²) in [5.41, 5.74) is 0. The fourth-order valence-corrected chi connectivity index (χ4v) is 0.177. The molecule has 0 fully saturated rings. The van der Waals surface area contributed by atoms with Crippen LogP contribution in [0.1, 0.15) is 75.2 Å². The van der Waals surface area contributed by atoms with Gasteiger partial charge in [-0.05, 0) is 5.92 Å². The standard InChI is InChI=1S/C5H10.C4H10.C4H9.C2H6.CH4.Y/c1-3-5-4-2;2*1-4(2)3;1-2;;/h1-5H2;4H,1-3H3;4H,1H2,2-3H3;1-2H3;1H4;/q-2;;-1;;;+3. The van der Waals surface area contributed by atoms with E-state index in [2.05, 4.69) is 55.4 Å². The Labute approximate surface area is 140 Å². The fourth-order valence-electron chi connectivity index (χ4n) is 0.177. The average molecular weight is 320 g/mol. The zero-order chi connectivity index (χ0) is 13.3. The van der Waals surface area contributed by atoms with Crippen molar-refractivity contribution < 1.29 is 32.7 Å². The third-order valence-corrected chi connectivity index (χ3v) is 0.500. The van der Waals surface area contributed by atoms with Gasteiger partial charge in [0.15, 0.2) is 0 Å². The zero-order valence-electron chi connectivity index (χ0n) is 13.0. The van der Waals surface area contributed by atoms with Gasteiger partial charge in [0.1, 0.15) is 0 Å². The number of hydrogen-bond donors (Lipinski definition) is 0. The van der Waals surface area contributed by atoms with Crippen LogP contribution >= 0.6 is 0 Å². The van der Waals surface area contributed by atoms with E-state index >= 15 is 0 Å². The minimum Gasteiger partial charge on any atom is -0.343 e. The van der Waals surface area contributed by atoms with Gasteiger partial charge >= 0.3 is 32.7 Å². The van der Waals surface area contributed by atoms with Gasteiger partial charge in [-0.1, -0.05) is 55.9 Å². The molecule has 0 radical (unpaired) electrons. The van der Waals surface area contributed by atoms with Crippen molar-refractivity contribution >= 4 is 0 Å². The molecule has 0 nitrogen and oxygen atoms in total. The van der Waals surface area contributed by atoms with Gasteiger partial charge in [0.05, 0.1) is 0 Å². The summed E-state index contributed by atoms with van der Waals surface area (Å²) in [5.74, 6) is 1.42. The van der Waals surface area contributed by atoms with Gasteiger partial charge < -0.3 is 20.8 Å². The Morgan fingerprint density at radius 1 is 0.824 bits per heavy atom. The first-order valence-corrected chi connectivity index (χ1v) is 6.29. The van der Waals surface area contributed by atoms with E-state index in [1.54, 1.807) is 0 Å². The van der Waals surface area contributed by atoms with Crippen molar-refractivity contribution in [3.05, 3.63) is 20.8 Å². The van der Waals surface area contributed by atoms with Crippen molar-refractivity contribution in [2.75, 3.05) is 0 Å². The third-order valence-electron chi connectivity index (χ3n) is 0.500. The van der Waals surface area contributed by atoms with Crippen LogP contribution in [0.4, 0.5) is 0 Å². The first-order valence-electron chi connectivity index (χ1n) is 6.29. The number of rotatable bonds is 2. The Kier molecular flexibility index (Phi) is 92.4. The van der Waals surface area contributed by atoms with E-state index in [-0.39, 0.29) is 40.1 Å². The molecule has 0 saturated carbocycles. The predicted molar refractivity (Wildman–Crippen MR) is 83.4 cm³/mol. The molecule has 0 spiro atoms. The summed E-state index contributed by atoms with van der Waals surface area (Å²) >= 11 is 0. The molecular formula is C16H39Y. The molecule has 1 heteroatoms. The van der Waals surface area contributed by atoms with E-state index in [4.69, 9.17) is 0 Å². The average Bonchev–Trinajstić information content (AvgIpc) is 2.07. The summed E-state index contributed by atoms with van der Waals surface area (Å²) in [6.45, 7) is 25.5. The summed E-state index contributed by atoms with van der Waals surface area (Å²) in [6.07, 6.45) is 3.23. The normalized spacial score (nSPS) is 7.06. The second-order valence-electron chi connectivity index (χ2n) is 4.19. The molecule has 0 atom stereocenters. The molecule has 0 saturated heterocycles. The maximum absolute atomic E-state index is 3.64. The maximum atomic E-state index is 3.64. The quantitative estimate of drug-likeness (QED) is 0.501. The van der Waals surface area contributed by atoms with Gasteiger partial charge in [0, 0.05) is 0 Å². The molecule has 0 rings (SSSR count). The predicted octanol–water partition coefficient (Wildman–Crippen LogP) is 6.62. The molecule has 0 aromatic carbocycles. The van der Waals surface area contributed by atoms with Crippen LogP contribution in [-0.2, 0) is 32.7 Å². The van der Waals surface area contributed by atoms with E-state index in [0.29, 0.717) is 5.92 Å². The smallest absolute Gasteiger partial charge is 0.343 e. The molecule has 0 bridgehead atoms. The van der Waals surface area contributed by atoms with E-state index in [0.717, 1.165) is 18.8 Å². The van der Waals surface area contributed by atoms with E-state index in [1.165, 1.54) is 6.42 Å². The van der Waals surface area contributed by atoms with E-state index in [9.17, 15) is 0 Å². The van der Waals surface area contributed by atoms with Crippen LogP contribution in [0.25, 0.3) is 0 Å². The van der Waals surface area contributed by atoms with Crippen molar-refractivity contribution in [2.24, 2.45) is 11.8 Å². The van der Waals surface area contributed by atoms with Crippen molar-refractivity contribution in [1.82, 2.24) is 0 Å². The van der Waals surface area contributed by atoms with E-state index < -0.39 is 0 Å². The Morgan fingerprint density at radius 2 is 0.941 bits per heavy atom. The van der Waals surface area contributed by atoms with Crippen LogP contribution in [-0.4, -0.2) is 0 Å². The van der Waals surface area contributed by atoms with E-state index in [1.807, 2.05) is 13.8 Å². The minimum absolute atomic E-state index is 0. The van der Waals surface area contributed by atoms with Crippen LogP contribution in [0.3, 0.4) is 0 Å². The maximum Gasteiger partial charge on any atom is 3.00 e.